The molecular weight excluding hydrogens is 324 g/mol. The summed E-state index contributed by atoms with van der Waals surface area (Å²) in [5.41, 5.74) is -0.124. The molecule has 8 nitrogen and oxygen atoms in total. The minimum Gasteiger partial charge on any atom is -0.477 e. The van der Waals surface area contributed by atoms with Crippen LogP contribution in [0.25, 0.3) is 0 Å². The molecule has 1 aromatic carbocycles. The molecule has 1 heterocycles. The summed E-state index contributed by atoms with van der Waals surface area (Å²) in [7, 11) is 0. The second-order valence-electron chi connectivity index (χ2n) is 4.42. The molecule has 0 radical (unpaired) electrons. The number of hydrogen-bond donors (Lipinski definition) is 1. The van der Waals surface area contributed by atoms with Gasteiger partial charge in [0.2, 0.25) is 5.88 Å². The van der Waals surface area contributed by atoms with Crippen molar-refractivity contribution in [3.8, 4) is 5.88 Å². The maximum Gasteiger partial charge on any atom is 0.270 e. The normalized spacial score (nSPS) is 10.1. The van der Waals surface area contributed by atoms with Gasteiger partial charge in [0.1, 0.15) is 0 Å². The van der Waals surface area contributed by atoms with Crippen molar-refractivity contribution >= 4 is 23.2 Å². The highest BCUT2D eigenvalue weighted by molar-refractivity contribution is 6.33. The number of hydrogen-bond acceptors (Lipinski definition) is 6. The monoisotopic (exact) mass is 336 g/mol. The van der Waals surface area contributed by atoms with Gasteiger partial charge in [-0.25, -0.2) is 4.98 Å². The molecule has 0 aliphatic carbocycles. The molecule has 0 fully saturated rings. The van der Waals surface area contributed by atoms with E-state index in [-0.39, 0.29) is 16.3 Å². The predicted octanol–water partition coefficient (Wildman–Crippen LogP) is 2.24. The van der Waals surface area contributed by atoms with Gasteiger partial charge in [-0.2, -0.15) is 0 Å². The summed E-state index contributed by atoms with van der Waals surface area (Å²) in [5, 5.41) is 13.5. The van der Waals surface area contributed by atoms with Crippen molar-refractivity contribution in [3.05, 3.63) is 57.5 Å². The lowest BCUT2D eigenvalue weighted by molar-refractivity contribution is -0.384. The lowest BCUT2D eigenvalue weighted by Gasteiger charge is -2.07. The minimum atomic E-state index is -0.582. The quantitative estimate of drug-likeness (QED) is 0.472. The van der Waals surface area contributed by atoms with Gasteiger partial charge in [-0.1, -0.05) is 11.6 Å². The Bertz CT molecular complexity index is 696. The molecule has 23 heavy (non-hydrogen) atoms. The van der Waals surface area contributed by atoms with Gasteiger partial charge in [0.05, 0.1) is 28.3 Å². The predicted molar refractivity (Wildman–Crippen MR) is 82.6 cm³/mol. The molecule has 1 aromatic heterocycles. The van der Waals surface area contributed by atoms with E-state index in [0.717, 1.165) is 6.07 Å². The number of aromatic nitrogens is 2. The van der Waals surface area contributed by atoms with Crippen molar-refractivity contribution in [1.82, 2.24) is 15.3 Å². The Hall–Kier alpha value is -2.74. The number of halogens is 1. The number of carbonyl (C=O) groups is 1. The van der Waals surface area contributed by atoms with E-state index in [1.807, 2.05) is 0 Å². The number of carbonyl (C=O) groups excluding carboxylic acids is 1. The Morgan fingerprint density at radius 2 is 2.22 bits per heavy atom. The van der Waals surface area contributed by atoms with E-state index in [2.05, 4.69) is 15.3 Å². The van der Waals surface area contributed by atoms with E-state index in [9.17, 15) is 14.9 Å². The third-order valence-electron chi connectivity index (χ3n) is 2.80. The third-order valence-corrected chi connectivity index (χ3v) is 3.13. The van der Waals surface area contributed by atoms with Crippen LogP contribution < -0.4 is 10.1 Å². The number of nitro groups is 1. The van der Waals surface area contributed by atoms with Crippen LogP contribution in [0.5, 0.6) is 5.88 Å². The van der Waals surface area contributed by atoms with E-state index >= 15 is 0 Å². The lowest BCUT2D eigenvalue weighted by atomic mass is 10.2. The Balaban J connectivity index is 1.81. The van der Waals surface area contributed by atoms with Gasteiger partial charge in [-0.3, -0.25) is 19.9 Å². The van der Waals surface area contributed by atoms with E-state index in [1.54, 1.807) is 0 Å². The summed E-state index contributed by atoms with van der Waals surface area (Å²) in [4.78, 5) is 29.9. The van der Waals surface area contributed by atoms with E-state index in [1.165, 1.54) is 30.7 Å². The van der Waals surface area contributed by atoms with Crippen LogP contribution in [0.4, 0.5) is 5.69 Å². The van der Waals surface area contributed by atoms with E-state index < -0.39 is 10.8 Å². The van der Waals surface area contributed by atoms with Crippen molar-refractivity contribution in [1.29, 1.82) is 0 Å². The smallest absolute Gasteiger partial charge is 0.270 e. The lowest BCUT2D eigenvalue weighted by Crippen LogP contribution is -2.26. The van der Waals surface area contributed by atoms with Crippen LogP contribution in [-0.4, -0.2) is 34.0 Å². The molecule has 0 spiro atoms. The molecule has 2 aromatic rings. The fourth-order valence-electron chi connectivity index (χ4n) is 1.71. The van der Waals surface area contributed by atoms with Gasteiger partial charge in [0.25, 0.3) is 11.6 Å². The van der Waals surface area contributed by atoms with Crippen LogP contribution >= 0.6 is 11.6 Å². The summed E-state index contributed by atoms with van der Waals surface area (Å²) in [6, 6.07) is 3.72. The molecule has 0 aliphatic heterocycles. The molecular formula is C14H13ClN4O4. The number of non-ortho nitro benzene ring substituents is 1. The molecule has 0 aliphatic rings. The molecule has 1 amide bonds. The first-order chi connectivity index (χ1) is 11.1. The largest absolute Gasteiger partial charge is 0.477 e. The fraction of sp³-hybridized carbons (Fsp3) is 0.214. The number of nitro benzene ring substituents is 1. The Kier molecular flexibility index (Phi) is 5.81. The van der Waals surface area contributed by atoms with Gasteiger partial charge in [0, 0.05) is 31.1 Å². The average molecular weight is 337 g/mol. The summed E-state index contributed by atoms with van der Waals surface area (Å²) in [5.74, 6) is -0.0706. The SMILES string of the molecule is O=C(NCCCOc1cnccn1)c1cc([N+](=O)[O-])ccc1Cl. The van der Waals surface area contributed by atoms with Crippen LogP contribution in [0.2, 0.25) is 5.02 Å². The third kappa shape index (κ3) is 4.89. The molecule has 0 bridgehead atoms. The molecule has 9 heteroatoms. The fourth-order valence-corrected chi connectivity index (χ4v) is 1.91. The van der Waals surface area contributed by atoms with Crippen molar-refractivity contribution < 1.29 is 14.5 Å². The van der Waals surface area contributed by atoms with Gasteiger partial charge < -0.3 is 10.1 Å². The maximum atomic E-state index is 12.0. The molecule has 0 unspecified atom stereocenters. The van der Waals surface area contributed by atoms with Crippen molar-refractivity contribution in [2.75, 3.05) is 13.2 Å². The number of amides is 1. The summed E-state index contributed by atoms with van der Waals surface area (Å²) >= 11 is 5.89. The molecule has 120 valence electrons. The Morgan fingerprint density at radius 1 is 1.39 bits per heavy atom. The zero-order valence-corrected chi connectivity index (χ0v) is 12.7. The van der Waals surface area contributed by atoms with Crippen LogP contribution in [0.3, 0.4) is 0 Å². The molecule has 2 rings (SSSR count). The van der Waals surface area contributed by atoms with Gasteiger partial charge in [-0.05, 0) is 12.5 Å². The average Bonchev–Trinajstić information content (AvgIpc) is 2.55. The zero-order chi connectivity index (χ0) is 16.7. The van der Waals surface area contributed by atoms with Gasteiger partial charge in [-0.15, -0.1) is 0 Å². The van der Waals surface area contributed by atoms with Crippen molar-refractivity contribution in [3.63, 3.8) is 0 Å². The number of ether oxygens (including phenoxy) is 1. The standard InChI is InChI=1S/C14H13ClN4O4/c15-12-3-2-10(19(21)22)8-11(12)14(20)18-4-1-7-23-13-9-16-5-6-17-13/h2-3,5-6,8-9H,1,4,7H2,(H,18,20). The molecule has 0 atom stereocenters. The second-order valence-corrected chi connectivity index (χ2v) is 4.83. The first-order valence-electron chi connectivity index (χ1n) is 6.69. The van der Waals surface area contributed by atoms with E-state index in [0.29, 0.717) is 25.5 Å². The summed E-state index contributed by atoms with van der Waals surface area (Å²) in [6.07, 6.45) is 5.08. The first-order valence-corrected chi connectivity index (χ1v) is 7.06. The van der Waals surface area contributed by atoms with Crippen molar-refractivity contribution in [2.24, 2.45) is 0 Å². The zero-order valence-electron chi connectivity index (χ0n) is 11.9. The number of benzene rings is 1. The van der Waals surface area contributed by atoms with Crippen LogP contribution in [0.1, 0.15) is 16.8 Å². The second kappa shape index (κ2) is 8.04. The highest BCUT2D eigenvalue weighted by Gasteiger charge is 2.15. The Morgan fingerprint density at radius 3 is 2.91 bits per heavy atom. The van der Waals surface area contributed by atoms with E-state index in [4.69, 9.17) is 16.3 Å². The van der Waals surface area contributed by atoms with Crippen LogP contribution in [-0.2, 0) is 0 Å². The summed E-state index contributed by atoms with van der Waals surface area (Å²) in [6.45, 7) is 0.680. The summed E-state index contributed by atoms with van der Waals surface area (Å²) < 4.78 is 5.33. The number of nitrogens with one attached hydrogen (secondary N) is 1. The van der Waals surface area contributed by atoms with Crippen molar-refractivity contribution in [2.45, 2.75) is 6.42 Å². The first kappa shape index (κ1) is 16.6. The van der Waals surface area contributed by atoms with Gasteiger partial charge >= 0.3 is 0 Å². The van der Waals surface area contributed by atoms with Gasteiger partial charge in [0.15, 0.2) is 0 Å². The Labute approximate surface area is 136 Å². The molecule has 1 N–H and O–H groups in total. The van der Waals surface area contributed by atoms with Crippen LogP contribution in [0.15, 0.2) is 36.8 Å². The topological polar surface area (TPSA) is 107 Å². The minimum absolute atomic E-state index is 0.0655. The highest BCUT2D eigenvalue weighted by Crippen LogP contribution is 2.21. The highest BCUT2D eigenvalue weighted by atomic mass is 35.5. The number of nitrogens with zero attached hydrogens (tertiary/aromatic N) is 3. The molecule has 0 saturated carbocycles. The molecule has 0 saturated heterocycles. The number of rotatable bonds is 7. The van der Waals surface area contributed by atoms with Crippen LogP contribution in [0, 0.1) is 10.1 Å². The maximum absolute atomic E-state index is 12.0.